The summed E-state index contributed by atoms with van der Waals surface area (Å²) in [7, 11) is 0. The van der Waals surface area contributed by atoms with Crippen LogP contribution >= 0.6 is 34.8 Å². The second-order valence-corrected chi connectivity index (χ2v) is 6.15. The molecule has 0 amide bonds. The summed E-state index contributed by atoms with van der Waals surface area (Å²) in [4.78, 5) is 0. The van der Waals surface area contributed by atoms with Gasteiger partial charge in [0.1, 0.15) is 5.75 Å². The second kappa shape index (κ2) is 7.26. The van der Waals surface area contributed by atoms with Crippen molar-refractivity contribution < 1.29 is 4.74 Å². The summed E-state index contributed by atoms with van der Waals surface area (Å²) in [5.41, 5.74) is 1.83. The average Bonchev–Trinajstić information content (AvgIpc) is 2.42. The van der Waals surface area contributed by atoms with Crippen LogP contribution < -0.4 is 10.1 Å². The van der Waals surface area contributed by atoms with Crippen molar-refractivity contribution in [3.05, 3.63) is 57.0 Å². The fourth-order valence-corrected chi connectivity index (χ4v) is 2.44. The Labute approximate surface area is 140 Å². The Morgan fingerprint density at radius 1 is 1.00 bits per heavy atom. The molecule has 2 aromatic rings. The highest BCUT2D eigenvalue weighted by Crippen LogP contribution is 2.29. The van der Waals surface area contributed by atoms with E-state index in [9.17, 15) is 0 Å². The number of rotatable bonds is 5. The number of hydrogen-bond acceptors (Lipinski definition) is 2. The summed E-state index contributed by atoms with van der Waals surface area (Å²) in [6.45, 7) is 4.49. The van der Waals surface area contributed by atoms with Crippen LogP contribution in [-0.2, 0) is 6.54 Å². The molecule has 2 rings (SSSR count). The van der Waals surface area contributed by atoms with Gasteiger partial charge in [-0.3, -0.25) is 0 Å². The van der Waals surface area contributed by atoms with E-state index in [0.29, 0.717) is 27.4 Å². The molecule has 0 aliphatic heterocycles. The molecule has 0 atom stereocenters. The van der Waals surface area contributed by atoms with E-state index in [1.807, 2.05) is 38.1 Å². The maximum atomic E-state index is 6.20. The molecule has 0 fully saturated rings. The van der Waals surface area contributed by atoms with Gasteiger partial charge in [-0.25, -0.2) is 0 Å². The predicted molar refractivity (Wildman–Crippen MR) is 91.0 cm³/mol. The van der Waals surface area contributed by atoms with Crippen molar-refractivity contribution in [1.29, 1.82) is 0 Å². The van der Waals surface area contributed by atoms with Crippen LogP contribution in [0.5, 0.6) is 5.75 Å². The lowest BCUT2D eigenvalue weighted by Crippen LogP contribution is -2.06. The number of ether oxygens (including phenoxy) is 1. The Hall–Kier alpha value is -1.09. The summed E-state index contributed by atoms with van der Waals surface area (Å²) >= 11 is 18.3. The molecule has 0 aliphatic carbocycles. The van der Waals surface area contributed by atoms with Gasteiger partial charge in [-0.1, -0.05) is 34.8 Å². The largest absolute Gasteiger partial charge is 0.489 e. The Bertz CT molecular complexity index is 629. The lowest BCUT2D eigenvalue weighted by atomic mass is 10.2. The third kappa shape index (κ3) is 4.70. The standard InChI is InChI=1S/C16H16Cl3NO/c1-10(2)21-16-6-4-13(8-15(16)19)20-9-11-7-12(17)3-5-14(11)18/h3-8,10,20H,9H2,1-2H3. The first kappa shape index (κ1) is 16.3. The van der Waals surface area contributed by atoms with E-state index in [2.05, 4.69) is 5.32 Å². The van der Waals surface area contributed by atoms with Crippen molar-refractivity contribution in [2.45, 2.75) is 26.5 Å². The van der Waals surface area contributed by atoms with Gasteiger partial charge >= 0.3 is 0 Å². The number of hydrogen-bond donors (Lipinski definition) is 1. The van der Waals surface area contributed by atoms with Gasteiger partial charge in [0.25, 0.3) is 0 Å². The van der Waals surface area contributed by atoms with Crippen LogP contribution in [0.25, 0.3) is 0 Å². The molecule has 0 saturated carbocycles. The van der Waals surface area contributed by atoms with Gasteiger partial charge in [0.05, 0.1) is 11.1 Å². The van der Waals surface area contributed by atoms with Crippen molar-refractivity contribution in [2.75, 3.05) is 5.32 Å². The monoisotopic (exact) mass is 343 g/mol. The smallest absolute Gasteiger partial charge is 0.138 e. The second-order valence-electron chi connectivity index (χ2n) is 4.90. The third-order valence-electron chi connectivity index (χ3n) is 2.79. The first-order valence-corrected chi connectivity index (χ1v) is 7.73. The van der Waals surface area contributed by atoms with Crippen LogP contribution in [-0.4, -0.2) is 6.10 Å². The number of anilines is 1. The average molecular weight is 345 g/mol. The van der Waals surface area contributed by atoms with Crippen molar-refractivity contribution in [3.8, 4) is 5.75 Å². The molecule has 1 N–H and O–H groups in total. The molecular formula is C16H16Cl3NO. The fraction of sp³-hybridized carbons (Fsp3) is 0.250. The molecule has 0 radical (unpaired) electrons. The topological polar surface area (TPSA) is 21.3 Å². The van der Waals surface area contributed by atoms with E-state index in [-0.39, 0.29) is 6.10 Å². The highest BCUT2D eigenvalue weighted by molar-refractivity contribution is 6.33. The normalized spacial score (nSPS) is 10.8. The van der Waals surface area contributed by atoms with Gasteiger partial charge in [-0.05, 0) is 55.8 Å². The Kier molecular flexibility index (Phi) is 5.63. The van der Waals surface area contributed by atoms with E-state index in [0.717, 1.165) is 11.3 Å². The van der Waals surface area contributed by atoms with Crippen molar-refractivity contribution >= 4 is 40.5 Å². The van der Waals surface area contributed by atoms with Crippen LogP contribution in [0, 0.1) is 0 Å². The summed E-state index contributed by atoms with van der Waals surface area (Å²) in [5.74, 6) is 0.679. The molecule has 0 bridgehead atoms. The van der Waals surface area contributed by atoms with Gasteiger partial charge in [-0.2, -0.15) is 0 Å². The Morgan fingerprint density at radius 3 is 2.43 bits per heavy atom. The first-order chi connectivity index (χ1) is 9.95. The molecule has 112 valence electrons. The summed E-state index contributed by atoms with van der Waals surface area (Å²) < 4.78 is 5.60. The molecule has 0 saturated heterocycles. The third-order valence-corrected chi connectivity index (χ3v) is 3.68. The molecule has 2 aromatic carbocycles. The SMILES string of the molecule is CC(C)Oc1ccc(NCc2cc(Cl)ccc2Cl)cc1Cl. The first-order valence-electron chi connectivity index (χ1n) is 6.59. The van der Waals surface area contributed by atoms with Crippen LogP contribution in [0.1, 0.15) is 19.4 Å². The molecule has 21 heavy (non-hydrogen) atoms. The quantitative estimate of drug-likeness (QED) is 0.713. The summed E-state index contributed by atoms with van der Waals surface area (Å²) in [5, 5.41) is 5.18. The fourth-order valence-electron chi connectivity index (χ4n) is 1.84. The summed E-state index contributed by atoms with van der Waals surface area (Å²) in [6.07, 6.45) is 0.0894. The van der Waals surface area contributed by atoms with Crippen LogP contribution in [0.4, 0.5) is 5.69 Å². The van der Waals surface area contributed by atoms with Crippen molar-refractivity contribution in [1.82, 2.24) is 0 Å². The zero-order chi connectivity index (χ0) is 15.4. The minimum Gasteiger partial charge on any atom is -0.489 e. The van der Waals surface area contributed by atoms with E-state index in [1.54, 1.807) is 12.1 Å². The molecule has 0 aromatic heterocycles. The van der Waals surface area contributed by atoms with Crippen LogP contribution in [0.2, 0.25) is 15.1 Å². The zero-order valence-electron chi connectivity index (χ0n) is 11.8. The van der Waals surface area contributed by atoms with E-state index < -0.39 is 0 Å². The van der Waals surface area contributed by atoms with Crippen molar-refractivity contribution in [2.24, 2.45) is 0 Å². The van der Waals surface area contributed by atoms with Crippen molar-refractivity contribution in [3.63, 3.8) is 0 Å². The lowest BCUT2D eigenvalue weighted by molar-refractivity contribution is 0.242. The molecule has 5 heteroatoms. The number of nitrogens with one attached hydrogen (secondary N) is 1. The van der Waals surface area contributed by atoms with Crippen LogP contribution in [0.3, 0.4) is 0 Å². The zero-order valence-corrected chi connectivity index (χ0v) is 14.1. The molecule has 0 unspecified atom stereocenters. The predicted octanol–water partition coefficient (Wildman–Crippen LogP) is 6.05. The van der Waals surface area contributed by atoms with Gasteiger partial charge in [0.15, 0.2) is 0 Å². The number of benzene rings is 2. The highest BCUT2D eigenvalue weighted by Gasteiger charge is 2.06. The Morgan fingerprint density at radius 2 is 1.76 bits per heavy atom. The van der Waals surface area contributed by atoms with E-state index >= 15 is 0 Å². The molecule has 0 spiro atoms. The highest BCUT2D eigenvalue weighted by atomic mass is 35.5. The molecule has 0 heterocycles. The van der Waals surface area contributed by atoms with Crippen LogP contribution in [0.15, 0.2) is 36.4 Å². The van der Waals surface area contributed by atoms with Gasteiger partial charge in [-0.15, -0.1) is 0 Å². The van der Waals surface area contributed by atoms with Gasteiger partial charge in [0.2, 0.25) is 0 Å². The number of halogens is 3. The molecule has 2 nitrogen and oxygen atoms in total. The van der Waals surface area contributed by atoms with Gasteiger partial charge in [0, 0.05) is 22.3 Å². The minimum absolute atomic E-state index is 0.0894. The van der Waals surface area contributed by atoms with Gasteiger partial charge < -0.3 is 10.1 Å². The lowest BCUT2D eigenvalue weighted by Gasteiger charge is -2.13. The van der Waals surface area contributed by atoms with E-state index in [4.69, 9.17) is 39.5 Å². The maximum Gasteiger partial charge on any atom is 0.138 e. The Balaban J connectivity index is 2.07. The summed E-state index contributed by atoms with van der Waals surface area (Å²) in [6, 6.07) is 11.0. The maximum absolute atomic E-state index is 6.20. The molecule has 0 aliphatic rings. The van der Waals surface area contributed by atoms with E-state index in [1.165, 1.54) is 0 Å². The molecular weight excluding hydrogens is 329 g/mol. The minimum atomic E-state index is 0.0894.